The first-order valence-corrected chi connectivity index (χ1v) is 5.74. The Labute approximate surface area is 102 Å². The zero-order valence-corrected chi connectivity index (χ0v) is 9.60. The van der Waals surface area contributed by atoms with Crippen molar-refractivity contribution in [3.8, 4) is 0 Å². The van der Waals surface area contributed by atoms with Crippen molar-refractivity contribution in [1.82, 2.24) is 5.32 Å². The van der Waals surface area contributed by atoms with Crippen molar-refractivity contribution >= 4 is 11.6 Å². The average Bonchev–Trinajstić information content (AvgIpc) is 2.36. The summed E-state index contributed by atoms with van der Waals surface area (Å²) in [5.41, 5.74) is -0.455. The van der Waals surface area contributed by atoms with Gasteiger partial charge in [-0.25, -0.2) is 13.2 Å². The van der Waals surface area contributed by atoms with E-state index in [9.17, 15) is 18.0 Å². The van der Waals surface area contributed by atoms with Crippen LogP contribution in [-0.2, 0) is 4.79 Å². The highest BCUT2D eigenvalue weighted by Crippen LogP contribution is 2.21. The van der Waals surface area contributed by atoms with Gasteiger partial charge in [-0.3, -0.25) is 4.79 Å². The van der Waals surface area contributed by atoms with Crippen LogP contribution in [0.1, 0.15) is 12.8 Å². The molecule has 1 saturated heterocycles. The Morgan fingerprint density at radius 1 is 1.33 bits per heavy atom. The molecule has 0 aromatic heterocycles. The van der Waals surface area contributed by atoms with E-state index in [4.69, 9.17) is 0 Å². The van der Waals surface area contributed by atoms with E-state index >= 15 is 0 Å². The summed E-state index contributed by atoms with van der Waals surface area (Å²) in [5, 5.41) is 5.26. The van der Waals surface area contributed by atoms with Gasteiger partial charge in [0, 0.05) is 18.7 Å². The van der Waals surface area contributed by atoms with Crippen molar-refractivity contribution in [1.29, 1.82) is 0 Å². The molecule has 6 heteroatoms. The van der Waals surface area contributed by atoms with E-state index in [0.29, 0.717) is 19.0 Å². The molecular weight excluding hydrogens is 245 g/mol. The van der Waals surface area contributed by atoms with Gasteiger partial charge < -0.3 is 10.6 Å². The van der Waals surface area contributed by atoms with Gasteiger partial charge in [-0.15, -0.1) is 0 Å². The minimum atomic E-state index is -1.31. The van der Waals surface area contributed by atoms with Crippen molar-refractivity contribution in [3.63, 3.8) is 0 Å². The molecule has 1 heterocycles. The molecule has 1 aromatic carbocycles. The lowest BCUT2D eigenvalue weighted by Crippen LogP contribution is -2.37. The Hall–Kier alpha value is -1.56. The largest absolute Gasteiger partial charge is 0.323 e. The number of piperidine rings is 1. The second kappa shape index (κ2) is 5.39. The molecule has 1 unspecified atom stereocenters. The first kappa shape index (κ1) is 12.9. The van der Waals surface area contributed by atoms with Crippen molar-refractivity contribution in [3.05, 3.63) is 29.6 Å². The van der Waals surface area contributed by atoms with Gasteiger partial charge in [-0.1, -0.05) is 0 Å². The van der Waals surface area contributed by atoms with E-state index in [1.54, 1.807) is 0 Å². The van der Waals surface area contributed by atoms with Gasteiger partial charge in [0.2, 0.25) is 5.91 Å². The molecule has 1 fully saturated rings. The quantitative estimate of drug-likeness (QED) is 0.797. The van der Waals surface area contributed by atoms with E-state index < -0.39 is 29.0 Å². The molecule has 98 valence electrons. The van der Waals surface area contributed by atoms with Crippen LogP contribution in [0.4, 0.5) is 18.9 Å². The normalized spacial score (nSPS) is 19.6. The minimum absolute atomic E-state index is 0.301. The Kier molecular flexibility index (Phi) is 3.86. The van der Waals surface area contributed by atoms with Crippen LogP contribution in [0.3, 0.4) is 0 Å². The smallest absolute Gasteiger partial charge is 0.228 e. The van der Waals surface area contributed by atoms with Crippen LogP contribution in [0.2, 0.25) is 0 Å². The molecule has 0 radical (unpaired) electrons. The monoisotopic (exact) mass is 258 g/mol. The maximum Gasteiger partial charge on any atom is 0.228 e. The van der Waals surface area contributed by atoms with E-state index in [0.717, 1.165) is 19.0 Å². The summed E-state index contributed by atoms with van der Waals surface area (Å²) in [6, 6.07) is 1.21. The number of carbonyl (C=O) groups excluding carboxylic acids is 1. The van der Waals surface area contributed by atoms with Gasteiger partial charge >= 0.3 is 0 Å². The van der Waals surface area contributed by atoms with Crippen LogP contribution >= 0.6 is 0 Å². The molecular formula is C12H13F3N2O. The highest BCUT2D eigenvalue weighted by molar-refractivity contribution is 5.92. The SMILES string of the molecule is O=C(Nc1cc(F)cc(F)c1F)C1CCCNC1. The standard InChI is InChI=1S/C12H13F3N2O/c13-8-4-9(14)11(15)10(5-8)17-12(18)7-2-1-3-16-6-7/h4-5,7,16H,1-3,6H2,(H,17,18). The fourth-order valence-electron chi connectivity index (χ4n) is 1.96. The Morgan fingerprint density at radius 3 is 2.78 bits per heavy atom. The van der Waals surface area contributed by atoms with Crippen molar-refractivity contribution in [2.75, 3.05) is 18.4 Å². The summed E-state index contributed by atoms with van der Waals surface area (Å²) in [4.78, 5) is 11.8. The Bertz CT molecular complexity index is 459. The maximum absolute atomic E-state index is 13.3. The van der Waals surface area contributed by atoms with Crippen LogP contribution in [-0.4, -0.2) is 19.0 Å². The van der Waals surface area contributed by atoms with E-state index in [1.807, 2.05) is 0 Å². The number of hydrogen-bond acceptors (Lipinski definition) is 2. The van der Waals surface area contributed by atoms with Gasteiger partial charge in [0.25, 0.3) is 0 Å². The summed E-state index contributed by atoms with van der Waals surface area (Å²) < 4.78 is 39.2. The third kappa shape index (κ3) is 2.81. The molecule has 1 atom stereocenters. The lowest BCUT2D eigenvalue weighted by molar-refractivity contribution is -0.120. The van der Waals surface area contributed by atoms with Crippen LogP contribution in [0.15, 0.2) is 12.1 Å². The number of amides is 1. The van der Waals surface area contributed by atoms with Gasteiger partial charge in [0.15, 0.2) is 11.6 Å². The molecule has 0 aliphatic carbocycles. The number of anilines is 1. The number of carbonyl (C=O) groups is 1. The fourth-order valence-corrected chi connectivity index (χ4v) is 1.96. The van der Waals surface area contributed by atoms with E-state index in [2.05, 4.69) is 10.6 Å². The van der Waals surface area contributed by atoms with Crippen molar-refractivity contribution in [2.24, 2.45) is 5.92 Å². The number of benzene rings is 1. The molecule has 0 spiro atoms. The molecule has 1 aromatic rings. The molecule has 3 nitrogen and oxygen atoms in total. The Morgan fingerprint density at radius 2 is 2.11 bits per heavy atom. The minimum Gasteiger partial charge on any atom is -0.323 e. The maximum atomic E-state index is 13.3. The van der Waals surface area contributed by atoms with Gasteiger partial charge in [-0.2, -0.15) is 0 Å². The van der Waals surface area contributed by atoms with Gasteiger partial charge in [0.1, 0.15) is 5.82 Å². The molecule has 2 rings (SSSR count). The average molecular weight is 258 g/mol. The second-order valence-corrected chi connectivity index (χ2v) is 4.28. The molecule has 1 aliphatic rings. The molecule has 1 aliphatic heterocycles. The van der Waals surface area contributed by atoms with Crippen LogP contribution in [0.25, 0.3) is 0 Å². The number of rotatable bonds is 2. The van der Waals surface area contributed by atoms with Crippen LogP contribution in [0.5, 0.6) is 0 Å². The zero-order chi connectivity index (χ0) is 13.1. The van der Waals surface area contributed by atoms with E-state index in [1.165, 1.54) is 0 Å². The van der Waals surface area contributed by atoms with Crippen molar-refractivity contribution in [2.45, 2.75) is 12.8 Å². The number of hydrogen-bond donors (Lipinski definition) is 2. The summed E-state index contributed by atoms with van der Waals surface area (Å²) in [6.07, 6.45) is 1.52. The third-order valence-corrected chi connectivity index (χ3v) is 2.92. The molecule has 2 N–H and O–H groups in total. The molecule has 18 heavy (non-hydrogen) atoms. The topological polar surface area (TPSA) is 41.1 Å². The lowest BCUT2D eigenvalue weighted by Gasteiger charge is -2.22. The first-order valence-electron chi connectivity index (χ1n) is 5.74. The zero-order valence-electron chi connectivity index (χ0n) is 9.60. The van der Waals surface area contributed by atoms with Crippen LogP contribution in [0, 0.1) is 23.4 Å². The predicted octanol–water partition coefficient (Wildman–Crippen LogP) is 2.04. The van der Waals surface area contributed by atoms with Gasteiger partial charge in [0.05, 0.1) is 11.6 Å². The Balaban J connectivity index is 2.11. The predicted molar refractivity (Wildman–Crippen MR) is 60.5 cm³/mol. The second-order valence-electron chi connectivity index (χ2n) is 4.28. The molecule has 0 bridgehead atoms. The highest BCUT2D eigenvalue weighted by atomic mass is 19.2. The third-order valence-electron chi connectivity index (χ3n) is 2.92. The molecule has 1 amide bonds. The van der Waals surface area contributed by atoms with Crippen molar-refractivity contribution < 1.29 is 18.0 Å². The fraction of sp³-hybridized carbons (Fsp3) is 0.417. The lowest BCUT2D eigenvalue weighted by atomic mass is 9.99. The van der Waals surface area contributed by atoms with Crippen LogP contribution < -0.4 is 10.6 Å². The number of halogens is 3. The first-order chi connectivity index (χ1) is 8.58. The summed E-state index contributed by atoms with van der Waals surface area (Å²) in [6.45, 7) is 1.33. The summed E-state index contributed by atoms with van der Waals surface area (Å²) in [7, 11) is 0. The summed E-state index contributed by atoms with van der Waals surface area (Å²) in [5.74, 6) is -4.21. The summed E-state index contributed by atoms with van der Waals surface area (Å²) >= 11 is 0. The van der Waals surface area contributed by atoms with Gasteiger partial charge in [-0.05, 0) is 19.4 Å². The number of nitrogens with one attached hydrogen (secondary N) is 2. The van der Waals surface area contributed by atoms with E-state index in [-0.39, 0.29) is 5.92 Å². The molecule has 0 saturated carbocycles. The highest BCUT2D eigenvalue weighted by Gasteiger charge is 2.22.